The third-order valence-corrected chi connectivity index (χ3v) is 2.22. The van der Waals surface area contributed by atoms with Crippen LogP contribution in [0.25, 0.3) is 0 Å². The number of aromatic nitrogens is 2. The standard InChI is InChI=1S/C4H3F3IN2O/c1-8-3-9-2(11-10-3)4(5,6)7/h1H3/q-1. The van der Waals surface area contributed by atoms with Gasteiger partial charge in [-0.15, -0.1) is 0 Å². The van der Waals surface area contributed by atoms with Gasteiger partial charge in [0, 0.05) is 0 Å². The van der Waals surface area contributed by atoms with Gasteiger partial charge in [0.1, 0.15) is 0 Å². The Bertz CT molecular complexity index is 246. The van der Waals surface area contributed by atoms with Crippen LogP contribution in [0.3, 0.4) is 0 Å². The van der Waals surface area contributed by atoms with E-state index in [0.717, 1.165) is 0 Å². The zero-order chi connectivity index (χ0) is 8.48. The average Bonchev–Trinajstić information content (AvgIpc) is 2.32. The van der Waals surface area contributed by atoms with Crippen molar-refractivity contribution in [3.63, 3.8) is 0 Å². The van der Waals surface area contributed by atoms with E-state index in [0.29, 0.717) is 0 Å². The van der Waals surface area contributed by atoms with Crippen LogP contribution in [0.4, 0.5) is 13.2 Å². The summed E-state index contributed by atoms with van der Waals surface area (Å²) in [4.78, 5) is 4.90. The van der Waals surface area contributed by atoms with Gasteiger partial charge in [0.05, 0.1) is 0 Å². The number of alkyl halides is 4. The summed E-state index contributed by atoms with van der Waals surface area (Å²) in [7, 11) is 0. The molecule has 0 bridgehead atoms. The van der Waals surface area contributed by atoms with Crippen molar-refractivity contribution < 1.29 is 38.9 Å². The zero-order valence-corrected chi connectivity index (χ0v) is 7.47. The average molecular weight is 279 g/mol. The van der Waals surface area contributed by atoms with Gasteiger partial charge < -0.3 is 0 Å². The molecule has 11 heavy (non-hydrogen) atoms. The maximum absolute atomic E-state index is 11.8. The quantitative estimate of drug-likeness (QED) is 0.440. The monoisotopic (exact) mass is 279 g/mol. The Balaban J connectivity index is 2.89. The van der Waals surface area contributed by atoms with E-state index in [-0.39, 0.29) is 3.83 Å². The molecular weight excluding hydrogens is 276 g/mol. The molecular formula is C4H3F3IN2O-. The van der Waals surface area contributed by atoms with Gasteiger partial charge in [-0.3, -0.25) is 0 Å². The van der Waals surface area contributed by atoms with Crippen LogP contribution in [0.1, 0.15) is 5.89 Å². The first-order valence-electron chi connectivity index (χ1n) is 2.44. The molecule has 0 radical (unpaired) electrons. The molecule has 3 nitrogen and oxygen atoms in total. The minimum absolute atomic E-state index is 0.177. The summed E-state index contributed by atoms with van der Waals surface area (Å²) in [5, 5.41) is 3.14. The Morgan fingerprint density at radius 3 is 2.36 bits per heavy atom. The Morgan fingerprint density at radius 1 is 1.45 bits per heavy atom. The molecule has 7 heteroatoms. The van der Waals surface area contributed by atoms with E-state index in [1.165, 1.54) is 0 Å². The number of nitrogens with zero attached hydrogens (tertiary/aromatic N) is 2. The summed E-state index contributed by atoms with van der Waals surface area (Å²) in [5.74, 6) is -1.26. The van der Waals surface area contributed by atoms with Gasteiger partial charge in [0.2, 0.25) is 0 Å². The van der Waals surface area contributed by atoms with Crippen LogP contribution in [0, 0.1) is 3.83 Å². The van der Waals surface area contributed by atoms with Crippen molar-refractivity contribution in [3.05, 3.63) is 9.72 Å². The van der Waals surface area contributed by atoms with Crippen molar-refractivity contribution in [2.24, 2.45) is 0 Å². The first-order chi connectivity index (χ1) is 5.04. The molecule has 0 atom stereocenters. The SMILES string of the molecule is C[I-]c1noc(C(F)(F)F)n1. The fourth-order valence-electron chi connectivity index (χ4n) is 0.397. The van der Waals surface area contributed by atoms with E-state index in [4.69, 9.17) is 0 Å². The molecule has 1 aromatic heterocycles. The van der Waals surface area contributed by atoms with E-state index in [9.17, 15) is 13.2 Å². The van der Waals surface area contributed by atoms with Crippen molar-refractivity contribution in [3.8, 4) is 0 Å². The zero-order valence-electron chi connectivity index (χ0n) is 5.31. The maximum atomic E-state index is 11.8. The van der Waals surface area contributed by atoms with Gasteiger partial charge in [0.25, 0.3) is 0 Å². The fraction of sp³-hybridized carbons (Fsp3) is 0.500. The van der Waals surface area contributed by atoms with Crippen molar-refractivity contribution in [2.75, 3.05) is 4.93 Å². The molecule has 1 aromatic rings. The Kier molecular flexibility index (Phi) is 2.35. The van der Waals surface area contributed by atoms with E-state index >= 15 is 0 Å². The predicted molar refractivity (Wildman–Crippen MR) is 23.9 cm³/mol. The van der Waals surface area contributed by atoms with Crippen molar-refractivity contribution in [1.82, 2.24) is 10.1 Å². The summed E-state index contributed by atoms with van der Waals surface area (Å²) in [6, 6.07) is 0. The van der Waals surface area contributed by atoms with Gasteiger partial charge in [-0.2, -0.15) is 0 Å². The van der Waals surface area contributed by atoms with Crippen molar-refractivity contribution in [2.45, 2.75) is 6.18 Å². The van der Waals surface area contributed by atoms with Crippen LogP contribution >= 0.6 is 0 Å². The van der Waals surface area contributed by atoms with Gasteiger partial charge in [-0.25, -0.2) is 0 Å². The molecule has 0 saturated carbocycles. The molecule has 0 aliphatic heterocycles. The number of hydrogen-bond donors (Lipinski definition) is 0. The topological polar surface area (TPSA) is 38.9 Å². The van der Waals surface area contributed by atoms with Crippen molar-refractivity contribution >= 4 is 0 Å². The summed E-state index contributed by atoms with van der Waals surface area (Å²) in [6.07, 6.45) is -4.51. The molecule has 0 spiro atoms. The predicted octanol–water partition coefficient (Wildman–Crippen LogP) is -2.02. The van der Waals surface area contributed by atoms with Gasteiger partial charge >= 0.3 is 69.9 Å². The second-order valence-corrected chi connectivity index (χ2v) is 3.60. The first kappa shape index (κ1) is 8.75. The molecule has 0 saturated heterocycles. The van der Waals surface area contributed by atoms with Crippen molar-refractivity contribution in [1.29, 1.82) is 0 Å². The molecule has 0 fully saturated rings. The van der Waals surface area contributed by atoms with E-state index in [2.05, 4.69) is 14.7 Å². The molecule has 1 heterocycles. The van der Waals surface area contributed by atoms with Crippen LogP contribution in [0.2, 0.25) is 0 Å². The van der Waals surface area contributed by atoms with E-state index < -0.39 is 33.3 Å². The summed E-state index contributed by atoms with van der Waals surface area (Å²) in [5.41, 5.74) is 0. The third-order valence-electron chi connectivity index (χ3n) is 0.813. The third kappa shape index (κ3) is 2.04. The second-order valence-electron chi connectivity index (χ2n) is 1.56. The Hall–Kier alpha value is -0.340. The Morgan fingerprint density at radius 2 is 2.09 bits per heavy atom. The molecule has 0 unspecified atom stereocenters. The molecule has 1 rings (SSSR count). The fourth-order valence-corrected chi connectivity index (χ4v) is 1.15. The summed E-state index contributed by atoms with van der Waals surface area (Å²) >= 11 is -0.534. The molecule has 0 N–H and O–H groups in total. The van der Waals surface area contributed by atoms with Crippen LogP contribution in [0.15, 0.2) is 4.52 Å². The molecule has 0 amide bonds. The second kappa shape index (κ2) is 2.95. The van der Waals surface area contributed by atoms with Crippen LogP contribution in [-0.2, 0) is 6.18 Å². The van der Waals surface area contributed by atoms with Crippen LogP contribution in [-0.4, -0.2) is 15.1 Å². The normalized spacial score (nSPS) is 12.4. The van der Waals surface area contributed by atoms with E-state index in [1.54, 1.807) is 4.93 Å². The minimum atomic E-state index is -4.51. The summed E-state index contributed by atoms with van der Waals surface area (Å²) < 4.78 is 39.4. The molecule has 64 valence electrons. The van der Waals surface area contributed by atoms with Gasteiger partial charge in [-0.05, 0) is 0 Å². The number of hydrogen-bond acceptors (Lipinski definition) is 3. The number of rotatable bonds is 1. The summed E-state index contributed by atoms with van der Waals surface area (Å²) in [6.45, 7) is 0. The molecule has 0 aliphatic carbocycles. The molecule has 0 aliphatic rings. The van der Waals surface area contributed by atoms with Crippen LogP contribution in [0.5, 0.6) is 0 Å². The Labute approximate surface area is 70.2 Å². The van der Waals surface area contributed by atoms with Gasteiger partial charge in [-0.1, -0.05) is 0 Å². The van der Waals surface area contributed by atoms with Crippen LogP contribution < -0.4 is 21.2 Å². The molecule has 0 aromatic carbocycles. The van der Waals surface area contributed by atoms with E-state index in [1.807, 2.05) is 0 Å². The number of halogens is 4. The first-order valence-corrected chi connectivity index (χ1v) is 5.68. The van der Waals surface area contributed by atoms with Gasteiger partial charge in [0.15, 0.2) is 0 Å².